The van der Waals surface area contributed by atoms with Gasteiger partial charge < -0.3 is 5.32 Å². The first kappa shape index (κ1) is 16.6. The number of alkyl halides is 3. The molecule has 0 aromatic heterocycles. The van der Waals surface area contributed by atoms with E-state index in [1.165, 1.54) is 6.92 Å². The standard InChI is InChI=1S/C13H14F3NO2S/c1-8-5-10(9(2)18)3-4-11(8)20-6-12(19)17-7-13(14,15)16/h3-5H,6-7H2,1-2H3,(H,17,19). The molecule has 0 aliphatic carbocycles. The summed E-state index contributed by atoms with van der Waals surface area (Å²) in [5.41, 5.74) is 1.37. The van der Waals surface area contributed by atoms with Crippen LogP contribution in [-0.2, 0) is 4.79 Å². The van der Waals surface area contributed by atoms with Gasteiger partial charge in [-0.25, -0.2) is 0 Å². The van der Waals surface area contributed by atoms with Gasteiger partial charge in [0.05, 0.1) is 5.75 Å². The summed E-state index contributed by atoms with van der Waals surface area (Å²) < 4.78 is 35.7. The number of hydrogen-bond donors (Lipinski definition) is 1. The van der Waals surface area contributed by atoms with Gasteiger partial charge in [-0.3, -0.25) is 9.59 Å². The van der Waals surface area contributed by atoms with E-state index >= 15 is 0 Å². The predicted molar refractivity (Wildman–Crippen MR) is 71.0 cm³/mol. The smallest absolute Gasteiger partial charge is 0.346 e. The second-order valence-electron chi connectivity index (χ2n) is 4.22. The molecule has 1 aromatic rings. The molecule has 3 nitrogen and oxygen atoms in total. The molecule has 1 rings (SSSR count). The van der Waals surface area contributed by atoms with Crippen molar-refractivity contribution in [1.82, 2.24) is 5.32 Å². The monoisotopic (exact) mass is 305 g/mol. The fraction of sp³-hybridized carbons (Fsp3) is 0.385. The number of hydrogen-bond acceptors (Lipinski definition) is 3. The largest absolute Gasteiger partial charge is 0.405 e. The van der Waals surface area contributed by atoms with Gasteiger partial charge in [0, 0.05) is 10.5 Å². The maximum Gasteiger partial charge on any atom is 0.405 e. The average molecular weight is 305 g/mol. The molecule has 0 fully saturated rings. The highest BCUT2D eigenvalue weighted by Gasteiger charge is 2.27. The second-order valence-corrected chi connectivity index (χ2v) is 5.23. The molecule has 0 spiro atoms. The lowest BCUT2D eigenvalue weighted by atomic mass is 10.1. The van der Waals surface area contributed by atoms with Crippen molar-refractivity contribution in [3.8, 4) is 0 Å². The highest BCUT2D eigenvalue weighted by Crippen LogP contribution is 2.23. The lowest BCUT2D eigenvalue weighted by Crippen LogP contribution is -2.34. The van der Waals surface area contributed by atoms with Crippen LogP contribution in [0.4, 0.5) is 13.2 Å². The van der Waals surface area contributed by atoms with E-state index < -0.39 is 18.6 Å². The number of carbonyl (C=O) groups excluding carboxylic acids is 2. The van der Waals surface area contributed by atoms with E-state index in [1.807, 2.05) is 0 Å². The lowest BCUT2D eigenvalue weighted by molar-refractivity contribution is -0.136. The number of carbonyl (C=O) groups is 2. The summed E-state index contributed by atoms with van der Waals surface area (Å²) in [6.45, 7) is 1.91. The fourth-order valence-corrected chi connectivity index (χ4v) is 2.26. The first-order valence-electron chi connectivity index (χ1n) is 5.77. The Balaban J connectivity index is 2.54. The molecule has 0 saturated carbocycles. The van der Waals surface area contributed by atoms with E-state index in [0.717, 1.165) is 22.2 Å². The summed E-state index contributed by atoms with van der Waals surface area (Å²) in [7, 11) is 0. The van der Waals surface area contributed by atoms with Crippen molar-refractivity contribution < 1.29 is 22.8 Å². The van der Waals surface area contributed by atoms with Crippen molar-refractivity contribution in [2.24, 2.45) is 0 Å². The number of Topliss-reactive ketones (excluding diaryl/α,β-unsaturated/α-hetero) is 1. The van der Waals surface area contributed by atoms with E-state index in [4.69, 9.17) is 0 Å². The van der Waals surface area contributed by atoms with Crippen molar-refractivity contribution in [3.05, 3.63) is 29.3 Å². The van der Waals surface area contributed by atoms with Crippen LogP contribution in [0.5, 0.6) is 0 Å². The molecule has 1 N–H and O–H groups in total. The number of ketones is 1. The molecule has 0 radical (unpaired) electrons. The predicted octanol–water partition coefficient (Wildman–Crippen LogP) is 2.97. The van der Waals surface area contributed by atoms with Gasteiger partial charge in [0.25, 0.3) is 0 Å². The maximum atomic E-state index is 11.9. The Kier molecular flexibility index (Phi) is 5.62. The summed E-state index contributed by atoms with van der Waals surface area (Å²) in [6, 6.07) is 5.01. The van der Waals surface area contributed by atoms with Gasteiger partial charge in [0.2, 0.25) is 5.91 Å². The number of aryl methyl sites for hydroxylation is 1. The Hall–Kier alpha value is -1.50. The van der Waals surface area contributed by atoms with Gasteiger partial charge in [-0.15, -0.1) is 11.8 Å². The second kappa shape index (κ2) is 6.78. The quantitative estimate of drug-likeness (QED) is 0.672. The van der Waals surface area contributed by atoms with Crippen LogP contribution >= 0.6 is 11.8 Å². The Bertz CT molecular complexity index is 515. The molecule has 0 atom stereocenters. The Morgan fingerprint density at radius 3 is 2.45 bits per heavy atom. The van der Waals surface area contributed by atoms with Gasteiger partial charge in [0.15, 0.2) is 5.78 Å². The number of nitrogens with one attached hydrogen (secondary N) is 1. The fourth-order valence-electron chi connectivity index (χ4n) is 1.42. The van der Waals surface area contributed by atoms with E-state index in [0.29, 0.717) is 5.56 Å². The Labute approximate surface area is 118 Å². The molecular weight excluding hydrogens is 291 g/mol. The Morgan fingerprint density at radius 1 is 1.30 bits per heavy atom. The summed E-state index contributed by atoms with van der Waals surface area (Å²) in [4.78, 5) is 23.2. The van der Waals surface area contributed by atoms with Crippen LogP contribution in [-0.4, -0.2) is 30.2 Å². The molecule has 0 aliphatic heterocycles. The van der Waals surface area contributed by atoms with E-state index in [9.17, 15) is 22.8 Å². The van der Waals surface area contributed by atoms with Crippen molar-refractivity contribution in [2.75, 3.05) is 12.3 Å². The summed E-state index contributed by atoms with van der Waals surface area (Å²) >= 11 is 1.14. The molecule has 0 bridgehead atoms. The number of rotatable bonds is 5. The minimum Gasteiger partial charge on any atom is -0.346 e. The first-order chi connectivity index (χ1) is 9.19. The third kappa shape index (κ3) is 5.64. The zero-order valence-electron chi connectivity index (χ0n) is 11.0. The van der Waals surface area contributed by atoms with Crippen LogP contribution < -0.4 is 5.32 Å². The van der Waals surface area contributed by atoms with Crippen LogP contribution in [0.2, 0.25) is 0 Å². The molecule has 20 heavy (non-hydrogen) atoms. The zero-order valence-corrected chi connectivity index (χ0v) is 11.8. The van der Waals surface area contributed by atoms with E-state index in [2.05, 4.69) is 0 Å². The molecule has 1 aromatic carbocycles. The molecule has 110 valence electrons. The van der Waals surface area contributed by atoms with Crippen LogP contribution in [0.25, 0.3) is 0 Å². The minimum atomic E-state index is -4.40. The summed E-state index contributed by atoms with van der Waals surface area (Å²) in [6.07, 6.45) is -4.40. The Morgan fingerprint density at radius 2 is 1.95 bits per heavy atom. The van der Waals surface area contributed by atoms with Crippen molar-refractivity contribution in [2.45, 2.75) is 24.9 Å². The van der Waals surface area contributed by atoms with E-state index in [-0.39, 0.29) is 11.5 Å². The molecule has 7 heteroatoms. The summed E-state index contributed by atoms with van der Waals surface area (Å²) in [5, 5.41) is 1.80. The minimum absolute atomic E-state index is 0.0624. The highest BCUT2D eigenvalue weighted by atomic mass is 32.2. The van der Waals surface area contributed by atoms with Crippen molar-refractivity contribution in [1.29, 1.82) is 0 Å². The highest BCUT2D eigenvalue weighted by molar-refractivity contribution is 8.00. The molecule has 0 heterocycles. The normalized spacial score (nSPS) is 11.2. The van der Waals surface area contributed by atoms with Crippen LogP contribution in [0.1, 0.15) is 22.8 Å². The van der Waals surface area contributed by atoms with E-state index in [1.54, 1.807) is 30.4 Å². The molecule has 0 unspecified atom stereocenters. The number of amides is 1. The number of halogens is 3. The lowest BCUT2D eigenvalue weighted by Gasteiger charge is -2.09. The van der Waals surface area contributed by atoms with Crippen LogP contribution in [0.15, 0.2) is 23.1 Å². The third-order valence-corrected chi connectivity index (χ3v) is 3.60. The van der Waals surface area contributed by atoms with Gasteiger partial charge in [-0.1, -0.05) is 6.07 Å². The third-order valence-electron chi connectivity index (χ3n) is 2.43. The zero-order chi connectivity index (χ0) is 15.3. The molecule has 0 aliphatic rings. The van der Waals surface area contributed by atoms with Crippen LogP contribution in [0, 0.1) is 6.92 Å². The maximum absolute atomic E-state index is 11.9. The van der Waals surface area contributed by atoms with Crippen LogP contribution in [0.3, 0.4) is 0 Å². The number of benzene rings is 1. The summed E-state index contributed by atoms with van der Waals surface area (Å²) in [5.74, 6) is -0.842. The average Bonchev–Trinajstić information content (AvgIpc) is 2.33. The number of thioether (sulfide) groups is 1. The van der Waals surface area contributed by atoms with Gasteiger partial charge in [-0.2, -0.15) is 13.2 Å². The SMILES string of the molecule is CC(=O)c1ccc(SCC(=O)NCC(F)(F)F)c(C)c1. The van der Waals surface area contributed by atoms with Crippen molar-refractivity contribution in [3.63, 3.8) is 0 Å². The van der Waals surface area contributed by atoms with Crippen molar-refractivity contribution >= 4 is 23.5 Å². The first-order valence-corrected chi connectivity index (χ1v) is 6.75. The molecular formula is C13H14F3NO2S. The van der Waals surface area contributed by atoms with Gasteiger partial charge in [-0.05, 0) is 31.5 Å². The molecule has 0 saturated heterocycles. The van der Waals surface area contributed by atoms with Gasteiger partial charge >= 0.3 is 6.18 Å². The molecule has 1 amide bonds. The topological polar surface area (TPSA) is 46.2 Å². The van der Waals surface area contributed by atoms with Gasteiger partial charge in [0.1, 0.15) is 6.54 Å².